The number of H-pyrrole nitrogens is 1. The molecule has 3 N–H and O–H groups in total. The lowest BCUT2D eigenvalue weighted by molar-refractivity contribution is 0.101. The molecule has 0 unspecified atom stereocenters. The van der Waals surface area contributed by atoms with Gasteiger partial charge in [-0.25, -0.2) is 0 Å². The fraction of sp³-hybridized carbons (Fsp3) is 0.0476. The van der Waals surface area contributed by atoms with Crippen LogP contribution in [-0.4, -0.2) is 10.8 Å². The summed E-state index contributed by atoms with van der Waals surface area (Å²) in [7, 11) is 0. The number of azo groups is 1. The smallest absolute Gasteiger partial charge is 0.262 e. The monoisotopic (exact) mass is 388 g/mol. The van der Waals surface area contributed by atoms with E-state index in [0.717, 1.165) is 11.1 Å². The highest BCUT2D eigenvalue weighted by Crippen LogP contribution is 2.46. The number of nitrogens with two attached hydrogens (primary N) is 1. The average molecular weight is 388 g/mol. The summed E-state index contributed by atoms with van der Waals surface area (Å²) in [5.41, 5.74) is 8.25. The van der Waals surface area contributed by atoms with Crippen LogP contribution < -0.4 is 11.3 Å². The molecule has 0 spiro atoms. The van der Waals surface area contributed by atoms with Crippen molar-refractivity contribution < 1.29 is 4.79 Å². The predicted molar refractivity (Wildman–Crippen MR) is 113 cm³/mol. The lowest BCUT2D eigenvalue weighted by Crippen LogP contribution is -2.18. The molecule has 0 aliphatic carbocycles. The maximum absolute atomic E-state index is 12.3. The van der Waals surface area contributed by atoms with E-state index >= 15 is 0 Å². The summed E-state index contributed by atoms with van der Waals surface area (Å²) >= 11 is 1.28. The first-order valence-electron chi connectivity index (χ1n) is 8.57. The Morgan fingerprint density at radius 3 is 2.29 bits per heavy atom. The Labute approximate surface area is 164 Å². The van der Waals surface area contributed by atoms with Crippen LogP contribution in [0.3, 0.4) is 0 Å². The number of aromatic amines is 1. The molecule has 138 valence electrons. The van der Waals surface area contributed by atoms with Crippen molar-refractivity contribution in [1.29, 1.82) is 0 Å². The van der Waals surface area contributed by atoms with Crippen molar-refractivity contribution in [3.63, 3.8) is 0 Å². The minimum atomic E-state index is -0.495. The summed E-state index contributed by atoms with van der Waals surface area (Å²) in [6.07, 6.45) is 0. The molecule has 7 heteroatoms. The van der Waals surface area contributed by atoms with E-state index in [9.17, 15) is 9.59 Å². The molecule has 2 aromatic heterocycles. The molecular formula is C21H16N4O2S. The van der Waals surface area contributed by atoms with Crippen LogP contribution in [0.25, 0.3) is 21.3 Å². The maximum Gasteiger partial charge on any atom is 0.262 e. The molecule has 0 saturated carbocycles. The molecule has 0 saturated heterocycles. The topological polar surface area (TPSA) is 101 Å². The van der Waals surface area contributed by atoms with Crippen LogP contribution in [0.15, 0.2) is 75.7 Å². The molecule has 0 aliphatic heterocycles. The predicted octanol–water partition coefficient (Wildman–Crippen LogP) is 5.46. The molecule has 2 aromatic carbocycles. The van der Waals surface area contributed by atoms with E-state index in [1.165, 1.54) is 18.3 Å². The van der Waals surface area contributed by atoms with Crippen molar-refractivity contribution in [2.75, 3.05) is 5.73 Å². The molecule has 0 aliphatic rings. The third kappa shape index (κ3) is 3.12. The number of ketones is 1. The van der Waals surface area contributed by atoms with Crippen LogP contribution in [0.5, 0.6) is 0 Å². The second kappa shape index (κ2) is 7.21. The van der Waals surface area contributed by atoms with E-state index in [1.807, 2.05) is 60.7 Å². The highest BCUT2D eigenvalue weighted by molar-refractivity contribution is 7.23. The molecule has 0 fully saturated rings. The van der Waals surface area contributed by atoms with Gasteiger partial charge in [0.25, 0.3) is 5.56 Å². The van der Waals surface area contributed by atoms with Gasteiger partial charge in [0, 0.05) is 10.9 Å². The minimum absolute atomic E-state index is 0.0333. The third-order valence-corrected chi connectivity index (χ3v) is 5.30. The highest BCUT2D eigenvalue weighted by Gasteiger charge is 2.22. The van der Waals surface area contributed by atoms with Gasteiger partial charge in [0.05, 0.1) is 11.4 Å². The summed E-state index contributed by atoms with van der Waals surface area (Å²) in [5.74, 6) is -0.377. The first-order valence-corrected chi connectivity index (χ1v) is 9.39. The Morgan fingerprint density at radius 1 is 1.00 bits per heavy atom. The largest absolute Gasteiger partial charge is 0.397 e. The highest BCUT2D eigenvalue weighted by atomic mass is 32.1. The quantitative estimate of drug-likeness (QED) is 0.359. The van der Waals surface area contributed by atoms with Gasteiger partial charge in [-0.2, -0.15) is 0 Å². The lowest BCUT2D eigenvalue weighted by atomic mass is 10.0. The summed E-state index contributed by atoms with van der Waals surface area (Å²) < 4.78 is 0. The SMILES string of the molecule is CC(=O)c1c(N)c2c(-c3ccccc3)c(N=Nc3ccccc3)sc2[nH]c1=O. The third-order valence-electron chi connectivity index (χ3n) is 4.31. The molecule has 0 bridgehead atoms. The number of carbonyl (C=O) groups is 1. The van der Waals surface area contributed by atoms with Crippen LogP contribution in [0, 0.1) is 0 Å². The molecule has 6 nitrogen and oxygen atoms in total. The fourth-order valence-corrected chi connectivity index (χ4v) is 4.12. The Hall–Kier alpha value is -3.58. The minimum Gasteiger partial charge on any atom is -0.397 e. The molecular weight excluding hydrogens is 372 g/mol. The number of hydrogen-bond acceptors (Lipinski definition) is 6. The fourth-order valence-electron chi connectivity index (χ4n) is 3.07. The van der Waals surface area contributed by atoms with E-state index in [-0.39, 0.29) is 17.0 Å². The second-order valence-corrected chi connectivity index (χ2v) is 7.19. The van der Waals surface area contributed by atoms with Crippen molar-refractivity contribution >= 4 is 43.7 Å². The number of aromatic nitrogens is 1. The summed E-state index contributed by atoms with van der Waals surface area (Å²) in [6, 6.07) is 19.0. The van der Waals surface area contributed by atoms with E-state index in [2.05, 4.69) is 15.2 Å². The van der Waals surface area contributed by atoms with Crippen LogP contribution in [0.2, 0.25) is 0 Å². The van der Waals surface area contributed by atoms with Crippen LogP contribution >= 0.6 is 11.3 Å². The molecule has 4 aromatic rings. The number of nitrogens with zero attached hydrogens (tertiary/aromatic N) is 2. The van der Waals surface area contributed by atoms with Crippen molar-refractivity contribution in [2.24, 2.45) is 10.2 Å². The van der Waals surface area contributed by atoms with Crippen LogP contribution in [0.1, 0.15) is 17.3 Å². The van der Waals surface area contributed by atoms with E-state index in [1.54, 1.807) is 0 Å². The van der Waals surface area contributed by atoms with Crippen molar-refractivity contribution in [2.45, 2.75) is 6.92 Å². The van der Waals surface area contributed by atoms with Crippen molar-refractivity contribution in [1.82, 2.24) is 4.98 Å². The Balaban J connectivity index is 2.02. The van der Waals surface area contributed by atoms with Gasteiger partial charge in [-0.15, -0.1) is 10.2 Å². The lowest BCUT2D eigenvalue weighted by Gasteiger charge is -2.06. The first-order chi connectivity index (χ1) is 13.6. The van der Waals surface area contributed by atoms with Gasteiger partial charge in [-0.3, -0.25) is 9.59 Å². The molecule has 0 atom stereocenters. The average Bonchev–Trinajstić information content (AvgIpc) is 3.06. The maximum atomic E-state index is 12.3. The van der Waals surface area contributed by atoms with Gasteiger partial charge in [0.1, 0.15) is 15.4 Å². The van der Waals surface area contributed by atoms with Gasteiger partial charge in [0.15, 0.2) is 5.78 Å². The molecule has 0 radical (unpaired) electrons. The Kier molecular flexibility index (Phi) is 4.58. The van der Waals surface area contributed by atoms with Gasteiger partial charge in [0.2, 0.25) is 0 Å². The zero-order valence-corrected chi connectivity index (χ0v) is 15.8. The molecule has 2 heterocycles. The molecule has 28 heavy (non-hydrogen) atoms. The number of carbonyl (C=O) groups excluding carboxylic acids is 1. The van der Waals surface area contributed by atoms with Gasteiger partial charge < -0.3 is 10.7 Å². The van der Waals surface area contributed by atoms with Crippen molar-refractivity contribution in [3.8, 4) is 11.1 Å². The number of pyridine rings is 1. The molecule has 4 rings (SSSR count). The molecule has 0 amide bonds. The van der Waals surface area contributed by atoms with Gasteiger partial charge in [-0.1, -0.05) is 59.9 Å². The van der Waals surface area contributed by atoms with Crippen LogP contribution in [0.4, 0.5) is 16.4 Å². The summed E-state index contributed by atoms with van der Waals surface area (Å²) in [4.78, 5) is 27.6. The number of Topliss-reactive ketones (excluding diaryl/α,β-unsaturated/α-hetero) is 1. The number of benzene rings is 2. The van der Waals surface area contributed by atoms with Gasteiger partial charge >= 0.3 is 0 Å². The zero-order valence-electron chi connectivity index (χ0n) is 15.0. The zero-order chi connectivity index (χ0) is 19.7. The van der Waals surface area contributed by atoms with Crippen molar-refractivity contribution in [3.05, 3.63) is 76.6 Å². The number of anilines is 1. The normalized spacial score (nSPS) is 11.3. The summed E-state index contributed by atoms with van der Waals surface area (Å²) in [6.45, 7) is 1.33. The number of fused-ring (bicyclic) bond motifs is 1. The van der Waals surface area contributed by atoms with Gasteiger partial charge in [-0.05, 0) is 24.6 Å². The number of hydrogen-bond donors (Lipinski definition) is 2. The Bertz CT molecular complexity index is 1260. The number of rotatable bonds is 4. The Morgan fingerprint density at radius 2 is 1.64 bits per heavy atom. The van der Waals surface area contributed by atoms with E-state index in [4.69, 9.17) is 5.73 Å². The first kappa shape index (κ1) is 17.8. The summed E-state index contributed by atoms with van der Waals surface area (Å²) in [5, 5.41) is 9.94. The number of nitrogens with one attached hydrogen (secondary N) is 1. The number of thiophene rings is 1. The second-order valence-electron chi connectivity index (χ2n) is 6.19. The van der Waals surface area contributed by atoms with Crippen LogP contribution in [-0.2, 0) is 0 Å². The standard InChI is InChI=1S/C21H16N4O2S/c1-12(26)15-18(22)17-16(13-8-4-2-5-9-13)21(28-20(17)23-19(15)27)25-24-14-10-6-3-7-11-14/h2-11H,1H3,(H3,22,23,27). The van der Waals surface area contributed by atoms with E-state index in [0.29, 0.717) is 20.9 Å². The van der Waals surface area contributed by atoms with E-state index < -0.39 is 5.56 Å². The number of nitrogen functional groups attached to an aromatic ring is 1.